The van der Waals surface area contributed by atoms with Gasteiger partial charge in [0.2, 0.25) is 5.91 Å². The molecule has 1 fully saturated rings. The van der Waals surface area contributed by atoms with Crippen molar-refractivity contribution in [1.29, 1.82) is 0 Å². The average molecular weight is 524 g/mol. The average Bonchev–Trinajstić information content (AvgIpc) is 2.92. The fraction of sp³-hybridized carbons (Fsp3) is 0.321. The Morgan fingerprint density at radius 2 is 1.51 bits per heavy atom. The molecule has 1 amide bonds. The predicted molar refractivity (Wildman–Crippen MR) is 145 cm³/mol. The highest BCUT2D eigenvalue weighted by Crippen LogP contribution is 2.33. The summed E-state index contributed by atoms with van der Waals surface area (Å²) in [6.07, 6.45) is 0. The molecule has 3 aromatic rings. The highest BCUT2D eigenvalue weighted by molar-refractivity contribution is 7.92. The first-order valence-corrected chi connectivity index (χ1v) is 13.8. The molecule has 0 saturated carbocycles. The maximum atomic E-state index is 13.8. The maximum Gasteiger partial charge on any atom is 0.264 e. The number of ether oxygens (including phenoxy) is 2. The molecule has 0 aromatic heterocycles. The summed E-state index contributed by atoms with van der Waals surface area (Å²) in [6.45, 7) is 5.96. The van der Waals surface area contributed by atoms with Crippen molar-refractivity contribution >= 4 is 27.3 Å². The molecule has 0 bridgehead atoms. The van der Waals surface area contributed by atoms with E-state index in [1.54, 1.807) is 60.5 Å². The number of carbonyl (C=O) groups is 1. The van der Waals surface area contributed by atoms with Gasteiger partial charge in [-0.15, -0.1) is 0 Å². The largest absolute Gasteiger partial charge is 0.495 e. The molecule has 0 radical (unpaired) electrons. The van der Waals surface area contributed by atoms with Gasteiger partial charge < -0.3 is 19.3 Å². The van der Waals surface area contributed by atoms with Gasteiger partial charge in [-0.25, -0.2) is 8.42 Å². The number of nitrogens with zero attached hydrogens (tertiary/aromatic N) is 3. The summed E-state index contributed by atoms with van der Waals surface area (Å²) >= 11 is 0. The molecule has 1 aliphatic heterocycles. The number of hydrogen-bond donors (Lipinski definition) is 0. The number of sulfonamides is 1. The molecule has 3 aromatic carbocycles. The Morgan fingerprint density at radius 1 is 0.892 bits per heavy atom. The molecule has 0 spiro atoms. The van der Waals surface area contributed by atoms with Gasteiger partial charge in [0.25, 0.3) is 10.0 Å². The number of piperazine rings is 1. The molecule has 1 heterocycles. The Kier molecular flexibility index (Phi) is 8.23. The zero-order chi connectivity index (χ0) is 26.4. The smallest absolute Gasteiger partial charge is 0.264 e. The molecular weight excluding hydrogens is 490 g/mol. The van der Waals surface area contributed by atoms with Gasteiger partial charge in [-0.2, -0.15) is 0 Å². The second-order valence-corrected chi connectivity index (χ2v) is 10.6. The number of rotatable bonds is 9. The van der Waals surface area contributed by atoms with Gasteiger partial charge >= 0.3 is 0 Å². The van der Waals surface area contributed by atoms with Crippen LogP contribution < -0.4 is 18.7 Å². The molecule has 196 valence electrons. The van der Waals surface area contributed by atoms with Crippen LogP contribution in [0.4, 0.5) is 11.4 Å². The van der Waals surface area contributed by atoms with E-state index in [2.05, 4.69) is 4.90 Å². The standard InChI is InChI=1S/C28H33N3O5S/c1-4-36-27-12-8-6-10-25(27)31(37(33,34)23-15-13-22(2)14-16-23)21-28(32)30-19-17-29(18-20-30)24-9-5-7-11-26(24)35-3/h5-16H,4,17-21H2,1-3H3. The van der Waals surface area contributed by atoms with Crippen LogP contribution in [0, 0.1) is 6.92 Å². The fourth-order valence-electron chi connectivity index (χ4n) is 4.39. The molecule has 1 aliphatic rings. The van der Waals surface area contributed by atoms with E-state index in [9.17, 15) is 13.2 Å². The van der Waals surface area contributed by atoms with Crippen molar-refractivity contribution in [2.75, 3.05) is 55.6 Å². The topological polar surface area (TPSA) is 79.4 Å². The van der Waals surface area contributed by atoms with E-state index >= 15 is 0 Å². The van der Waals surface area contributed by atoms with Crippen molar-refractivity contribution in [2.24, 2.45) is 0 Å². The molecule has 8 nitrogen and oxygen atoms in total. The number of aryl methyl sites for hydroxylation is 1. The van der Waals surface area contributed by atoms with Crippen molar-refractivity contribution in [3.05, 3.63) is 78.4 Å². The molecule has 0 atom stereocenters. The first-order valence-electron chi connectivity index (χ1n) is 12.3. The zero-order valence-electron chi connectivity index (χ0n) is 21.5. The second-order valence-electron chi connectivity index (χ2n) is 8.77. The number of anilines is 2. The summed E-state index contributed by atoms with van der Waals surface area (Å²) in [7, 11) is -2.39. The van der Waals surface area contributed by atoms with Crippen LogP contribution in [0.25, 0.3) is 0 Å². The van der Waals surface area contributed by atoms with Crippen LogP contribution >= 0.6 is 0 Å². The van der Waals surface area contributed by atoms with Crippen LogP contribution in [0.3, 0.4) is 0 Å². The zero-order valence-corrected chi connectivity index (χ0v) is 22.3. The van der Waals surface area contributed by atoms with E-state index in [1.807, 2.05) is 38.1 Å². The normalized spacial score (nSPS) is 13.8. The van der Waals surface area contributed by atoms with Gasteiger partial charge in [-0.1, -0.05) is 42.0 Å². The summed E-state index contributed by atoms with van der Waals surface area (Å²) in [4.78, 5) is 17.5. The molecule has 37 heavy (non-hydrogen) atoms. The molecule has 4 rings (SSSR count). The molecule has 0 aliphatic carbocycles. The van der Waals surface area contributed by atoms with Gasteiger partial charge in [0.05, 0.1) is 30.0 Å². The summed E-state index contributed by atoms with van der Waals surface area (Å²) in [5.41, 5.74) is 2.27. The third-order valence-corrected chi connectivity index (χ3v) is 8.15. The number of hydrogen-bond acceptors (Lipinski definition) is 6. The third-order valence-electron chi connectivity index (χ3n) is 6.38. The highest BCUT2D eigenvalue weighted by atomic mass is 32.2. The summed E-state index contributed by atoms with van der Waals surface area (Å²) in [6, 6.07) is 21.3. The first-order chi connectivity index (χ1) is 17.8. The Labute approximate surface area is 219 Å². The van der Waals surface area contributed by atoms with Crippen LogP contribution in [-0.2, 0) is 14.8 Å². The van der Waals surface area contributed by atoms with Gasteiger partial charge in [0.15, 0.2) is 0 Å². The van der Waals surface area contributed by atoms with Crippen molar-refractivity contribution in [2.45, 2.75) is 18.7 Å². The molecule has 1 saturated heterocycles. The predicted octanol–water partition coefficient (Wildman–Crippen LogP) is 3.95. The fourth-order valence-corrected chi connectivity index (χ4v) is 5.81. The van der Waals surface area contributed by atoms with Crippen LogP contribution in [0.15, 0.2) is 77.7 Å². The van der Waals surface area contributed by atoms with Crippen molar-refractivity contribution < 1.29 is 22.7 Å². The molecule has 0 unspecified atom stereocenters. The minimum absolute atomic E-state index is 0.123. The van der Waals surface area contributed by atoms with Gasteiger partial charge in [0.1, 0.15) is 18.0 Å². The lowest BCUT2D eigenvalue weighted by Crippen LogP contribution is -2.52. The van der Waals surface area contributed by atoms with E-state index < -0.39 is 10.0 Å². The number of para-hydroxylation sites is 4. The monoisotopic (exact) mass is 523 g/mol. The molecule has 9 heteroatoms. The Hall–Kier alpha value is -3.72. The highest BCUT2D eigenvalue weighted by Gasteiger charge is 2.32. The van der Waals surface area contributed by atoms with E-state index in [0.29, 0.717) is 44.2 Å². The number of benzene rings is 3. The van der Waals surface area contributed by atoms with Crippen LogP contribution in [-0.4, -0.2) is 65.7 Å². The van der Waals surface area contributed by atoms with Crippen LogP contribution in [0.2, 0.25) is 0 Å². The number of amides is 1. The van der Waals surface area contributed by atoms with Gasteiger partial charge in [-0.3, -0.25) is 9.10 Å². The van der Waals surface area contributed by atoms with Crippen LogP contribution in [0.1, 0.15) is 12.5 Å². The van der Waals surface area contributed by atoms with Gasteiger partial charge in [-0.05, 0) is 50.2 Å². The number of methoxy groups -OCH3 is 1. The first kappa shape index (κ1) is 26.3. The van der Waals surface area contributed by atoms with E-state index in [1.165, 1.54) is 0 Å². The van der Waals surface area contributed by atoms with Crippen LogP contribution in [0.5, 0.6) is 11.5 Å². The minimum atomic E-state index is -4.03. The summed E-state index contributed by atoms with van der Waals surface area (Å²) < 4.78 is 40.0. The van der Waals surface area contributed by atoms with Gasteiger partial charge in [0, 0.05) is 26.2 Å². The van der Waals surface area contributed by atoms with Crippen molar-refractivity contribution in [3.63, 3.8) is 0 Å². The minimum Gasteiger partial charge on any atom is -0.495 e. The molecule has 0 N–H and O–H groups in total. The lowest BCUT2D eigenvalue weighted by molar-refractivity contribution is -0.129. The molecular formula is C28H33N3O5S. The van der Waals surface area contributed by atoms with Crippen molar-refractivity contribution in [3.8, 4) is 11.5 Å². The third kappa shape index (κ3) is 5.83. The quantitative estimate of drug-likeness (QED) is 0.423. The lowest BCUT2D eigenvalue weighted by Gasteiger charge is -2.37. The Bertz CT molecular complexity index is 1320. The van der Waals surface area contributed by atoms with E-state index in [0.717, 1.165) is 21.3 Å². The lowest BCUT2D eigenvalue weighted by atomic mass is 10.2. The number of carbonyl (C=O) groups excluding carboxylic acids is 1. The van der Waals surface area contributed by atoms with Crippen molar-refractivity contribution in [1.82, 2.24) is 4.90 Å². The summed E-state index contributed by atoms with van der Waals surface area (Å²) in [5.74, 6) is 0.932. The SMILES string of the molecule is CCOc1ccccc1N(CC(=O)N1CCN(c2ccccc2OC)CC1)S(=O)(=O)c1ccc(C)cc1. The maximum absolute atomic E-state index is 13.8. The summed E-state index contributed by atoms with van der Waals surface area (Å²) in [5, 5.41) is 0. The Balaban J connectivity index is 1.58. The Morgan fingerprint density at radius 3 is 2.16 bits per heavy atom. The van der Waals surface area contributed by atoms with E-state index in [4.69, 9.17) is 9.47 Å². The van der Waals surface area contributed by atoms with E-state index in [-0.39, 0.29) is 17.3 Å². The second kappa shape index (κ2) is 11.6.